The Morgan fingerprint density at radius 1 is 1.26 bits per heavy atom. The smallest absolute Gasteiger partial charge is 0.189 e. The average molecular weight is 262 g/mol. The van der Waals surface area contributed by atoms with Crippen molar-refractivity contribution in [2.45, 2.75) is 64.0 Å². The van der Waals surface area contributed by atoms with Gasteiger partial charge in [-0.1, -0.05) is 18.0 Å². The molecular formula is C14H22N4O. The second-order valence-electron chi connectivity index (χ2n) is 5.57. The van der Waals surface area contributed by atoms with E-state index in [1.807, 2.05) is 0 Å². The Balaban J connectivity index is 1.60. The van der Waals surface area contributed by atoms with Crippen LogP contribution in [0.3, 0.4) is 0 Å². The molecular weight excluding hydrogens is 240 g/mol. The molecule has 1 aromatic rings. The fourth-order valence-corrected chi connectivity index (χ4v) is 3.06. The lowest BCUT2D eigenvalue weighted by atomic mass is 9.96. The number of rotatable bonds is 3. The minimum Gasteiger partial charge on any atom is -0.370 e. The first kappa shape index (κ1) is 12.5. The minimum atomic E-state index is 0.509. The highest BCUT2D eigenvalue weighted by Gasteiger charge is 2.19. The first-order chi connectivity index (χ1) is 9.33. The van der Waals surface area contributed by atoms with Crippen molar-refractivity contribution in [3.8, 4) is 0 Å². The summed E-state index contributed by atoms with van der Waals surface area (Å²) in [6, 6.07) is 0.509. The Kier molecular flexibility index (Phi) is 3.71. The van der Waals surface area contributed by atoms with Gasteiger partial charge in [0.25, 0.3) is 0 Å². The molecule has 0 aromatic carbocycles. The van der Waals surface area contributed by atoms with Gasteiger partial charge in [0.1, 0.15) is 11.5 Å². The number of guanidine groups is 1. The number of nitrogens with two attached hydrogens (primary N) is 1. The first-order valence-electron chi connectivity index (χ1n) is 7.35. The van der Waals surface area contributed by atoms with Gasteiger partial charge in [-0.2, -0.15) is 0 Å². The normalized spacial score (nSPS) is 20.5. The summed E-state index contributed by atoms with van der Waals surface area (Å²) in [5.41, 5.74) is 8.16. The molecule has 1 aromatic heterocycles. The number of aromatic nitrogens is 1. The van der Waals surface area contributed by atoms with Crippen LogP contribution >= 0.6 is 0 Å². The number of nitrogens with one attached hydrogen (secondary N) is 1. The van der Waals surface area contributed by atoms with Crippen LogP contribution in [0, 0.1) is 0 Å². The Morgan fingerprint density at radius 3 is 2.89 bits per heavy atom. The van der Waals surface area contributed by atoms with Crippen LogP contribution in [0.4, 0.5) is 0 Å². The summed E-state index contributed by atoms with van der Waals surface area (Å²) < 4.78 is 5.37. The van der Waals surface area contributed by atoms with Crippen molar-refractivity contribution in [2.24, 2.45) is 10.7 Å². The van der Waals surface area contributed by atoms with E-state index in [4.69, 9.17) is 10.3 Å². The molecule has 1 fully saturated rings. The number of hydrogen-bond acceptors (Lipinski definition) is 3. The van der Waals surface area contributed by atoms with Gasteiger partial charge in [-0.3, -0.25) is 0 Å². The molecule has 1 heterocycles. The lowest BCUT2D eigenvalue weighted by Crippen LogP contribution is -2.38. The summed E-state index contributed by atoms with van der Waals surface area (Å²) in [5, 5.41) is 7.43. The summed E-state index contributed by atoms with van der Waals surface area (Å²) in [7, 11) is 0. The Morgan fingerprint density at radius 2 is 2.05 bits per heavy atom. The zero-order valence-corrected chi connectivity index (χ0v) is 11.3. The standard InChI is InChI=1S/C14H22N4O/c15-14(17-10-5-1-2-6-10)16-9-12-11-7-3-4-8-13(11)19-18-12/h10H,1-9H2,(H3,15,16,17). The largest absolute Gasteiger partial charge is 0.370 e. The van der Waals surface area contributed by atoms with E-state index in [1.165, 1.54) is 44.1 Å². The molecule has 2 aliphatic carbocycles. The molecule has 0 saturated heterocycles. The van der Waals surface area contributed by atoms with Crippen LogP contribution in [0.15, 0.2) is 9.52 Å². The molecule has 0 bridgehead atoms. The van der Waals surface area contributed by atoms with Gasteiger partial charge in [-0.25, -0.2) is 4.99 Å². The third kappa shape index (κ3) is 2.91. The topological polar surface area (TPSA) is 76.4 Å². The average Bonchev–Trinajstić information content (AvgIpc) is 3.05. The predicted octanol–water partition coefficient (Wildman–Crippen LogP) is 1.90. The van der Waals surface area contributed by atoms with Crippen molar-refractivity contribution < 1.29 is 4.52 Å². The van der Waals surface area contributed by atoms with Crippen LogP contribution in [-0.4, -0.2) is 17.2 Å². The van der Waals surface area contributed by atoms with E-state index in [2.05, 4.69) is 15.5 Å². The summed E-state index contributed by atoms with van der Waals surface area (Å²) in [5.74, 6) is 1.60. The van der Waals surface area contributed by atoms with Crippen molar-refractivity contribution in [3.05, 3.63) is 17.0 Å². The first-order valence-corrected chi connectivity index (χ1v) is 7.35. The molecule has 0 amide bonds. The van der Waals surface area contributed by atoms with E-state index >= 15 is 0 Å². The van der Waals surface area contributed by atoms with Crippen molar-refractivity contribution in [1.82, 2.24) is 10.5 Å². The second-order valence-corrected chi connectivity index (χ2v) is 5.57. The molecule has 2 aliphatic rings. The highest BCUT2D eigenvalue weighted by molar-refractivity contribution is 5.78. The molecule has 5 heteroatoms. The molecule has 5 nitrogen and oxygen atoms in total. The molecule has 0 aliphatic heterocycles. The zero-order valence-electron chi connectivity index (χ0n) is 11.3. The summed E-state index contributed by atoms with van der Waals surface area (Å²) in [6.45, 7) is 0.532. The SMILES string of the molecule is NC(=NCc1noc2c1CCCC2)NC1CCCC1. The van der Waals surface area contributed by atoms with Crippen molar-refractivity contribution in [3.63, 3.8) is 0 Å². The Labute approximate surface area is 113 Å². The van der Waals surface area contributed by atoms with Crippen LogP contribution in [0.2, 0.25) is 0 Å². The monoisotopic (exact) mass is 262 g/mol. The minimum absolute atomic E-state index is 0.509. The number of aryl methyl sites for hydroxylation is 1. The highest BCUT2D eigenvalue weighted by atomic mass is 16.5. The number of nitrogens with zero attached hydrogens (tertiary/aromatic N) is 2. The third-order valence-corrected chi connectivity index (χ3v) is 4.14. The van der Waals surface area contributed by atoms with E-state index in [9.17, 15) is 0 Å². The molecule has 0 radical (unpaired) electrons. The van der Waals surface area contributed by atoms with Gasteiger partial charge in [0, 0.05) is 18.0 Å². The van der Waals surface area contributed by atoms with E-state index in [-0.39, 0.29) is 0 Å². The maximum absolute atomic E-state index is 5.93. The van der Waals surface area contributed by atoms with E-state index in [0.717, 1.165) is 24.3 Å². The highest BCUT2D eigenvalue weighted by Crippen LogP contribution is 2.24. The van der Waals surface area contributed by atoms with E-state index in [1.54, 1.807) is 0 Å². The van der Waals surface area contributed by atoms with Crippen molar-refractivity contribution in [2.75, 3.05) is 0 Å². The third-order valence-electron chi connectivity index (χ3n) is 4.14. The molecule has 3 rings (SSSR count). The molecule has 104 valence electrons. The van der Waals surface area contributed by atoms with Crippen molar-refractivity contribution in [1.29, 1.82) is 0 Å². The quantitative estimate of drug-likeness (QED) is 0.644. The van der Waals surface area contributed by atoms with Crippen LogP contribution in [0.25, 0.3) is 0 Å². The van der Waals surface area contributed by atoms with Crippen LogP contribution in [0.1, 0.15) is 55.5 Å². The molecule has 19 heavy (non-hydrogen) atoms. The molecule has 0 spiro atoms. The Bertz CT molecular complexity index is 460. The fourth-order valence-electron chi connectivity index (χ4n) is 3.06. The van der Waals surface area contributed by atoms with Gasteiger partial charge in [-0.05, 0) is 32.1 Å². The summed E-state index contributed by atoms with van der Waals surface area (Å²) in [6.07, 6.45) is 9.51. The van der Waals surface area contributed by atoms with E-state index in [0.29, 0.717) is 18.5 Å². The van der Waals surface area contributed by atoms with Gasteiger partial charge in [0.15, 0.2) is 5.96 Å². The van der Waals surface area contributed by atoms with Gasteiger partial charge in [0.2, 0.25) is 0 Å². The van der Waals surface area contributed by atoms with E-state index < -0.39 is 0 Å². The van der Waals surface area contributed by atoms with Crippen LogP contribution in [-0.2, 0) is 19.4 Å². The van der Waals surface area contributed by atoms with Crippen LogP contribution < -0.4 is 11.1 Å². The van der Waals surface area contributed by atoms with Gasteiger partial charge >= 0.3 is 0 Å². The predicted molar refractivity (Wildman–Crippen MR) is 73.9 cm³/mol. The Hall–Kier alpha value is -1.52. The van der Waals surface area contributed by atoms with Crippen molar-refractivity contribution >= 4 is 5.96 Å². The molecule has 3 N–H and O–H groups in total. The summed E-state index contributed by atoms with van der Waals surface area (Å²) in [4.78, 5) is 4.40. The number of fused-ring (bicyclic) bond motifs is 1. The van der Waals surface area contributed by atoms with Crippen LogP contribution in [0.5, 0.6) is 0 Å². The van der Waals surface area contributed by atoms with Gasteiger partial charge in [-0.15, -0.1) is 0 Å². The molecule has 1 saturated carbocycles. The molecule has 0 unspecified atom stereocenters. The lowest BCUT2D eigenvalue weighted by Gasteiger charge is -2.12. The maximum Gasteiger partial charge on any atom is 0.189 e. The lowest BCUT2D eigenvalue weighted by molar-refractivity contribution is 0.368. The second kappa shape index (κ2) is 5.63. The summed E-state index contributed by atoms with van der Waals surface area (Å²) >= 11 is 0. The van der Waals surface area contributed by atoms with Gasteiger partial charge < -0.3 is 15.6 Å². The number of aliphatic imine (C=N–C) groups is 1. The number of hydrogen-bond donors (Lipinski definition) is 2. The zero-order chi connectivity index (χ0) is 13.1. The van der Waals surface area contributed by atoms with Gasteiger partial charge in [0.05, 0.1) is 6.54 Å². The molecule has 0 atom stereocenters. The maximum atomic E-state index is 5.93. The fraction of sp³-hybridized carbons (Fsp3) is 0.714.